The Labute approximate surface area is 176 Å². The summed E-state index contributed by atoms with van der Waals surface area (Å²) in [6, 6.07) is 17.9. The first-order valence-corrected chi connectivity index (χ1v) is 9.96. The number of hydrogen-bond acceptors (Lipinski definition) is 6. The predicted octanol–water partition coefficient (Wildman–Crippen LogP) is 4.23. The molecular weight excluding hydrogens is 378 g/mol. The summed E-state index contributed by atoms with van der Waals surface area (Å²) in [5.41, 5.74) is 3.98. The maximum Gasteiger partial charge on any atom is 0.174 e. The molecule has 30 heavy (non-hydrogen) atoms. The van der Waals surface area contributed by atoms with Crippen LogP contribution in [-0.2, 0) is 13.0 Å². The van der Waals surface area contributed by atoms with Crippen LogP contribution in [0.25, 0.3) is 0 Å². The monoisotopic (exact) mass is 405 g/mol. The van der Waals surface area contributed by atoms with Gasteiger partial charge >= 0.3 is 0 Å². The Hall–Kier alpha value is -3.48. The minimum atomic E-state index is 0.392. The van der Waals surface area contributed by atoms with Crippen LogP contribution in [0.15, 0.2) is 54.6 Å². The van der Waals surface area contributed by atoms with E-state index in [1.54, 1.807) is 0 Å². The average molecular weight is 406 g/mol. The minimum Gasteiger partial charge on any atom is -0.493 e. The van der Waals surface area contributed by atoms with Crippen LogP contribution in [0, 0.1) is 20.8 Å². The lowest BCUT2D eigenvalue weighted by Gasteiger charge is -2.11. The van der Waals surface area contributed by atoms with E-state index in [-0.39, 0.29) is 0 Å². The van der Waals surface area contributed by atoms with Crippen molar-refractivity contribution in [3.63, 3.8) is 0 Å². The number of benzene rings is 1. The molecule has 0 saturated carbocycles. The van der Waals surface area contributed by atoms with Gasteiger partial charge in [0.2, 0.25) is 0 Å². The number of ether oxygens (including phenoxy) is 2. The number of nitrogens with zero attached hydrogens (tertiary/aromatic N) is 4. The second kappa shape index (κ2) is 10.9. The molecule has 0 spiro atoms. The molecule has 2 heterocycles. The molecule has 0 saturated heterocycles. The molecule has 1 aromatic carbocycles. The van der Waals surface area contributed by atoms with Crippen molar-refractivity contribution in [3.8, 4) is 11.5 Å². The molecule has 156 valence electrons. The molecule has 0 radical (unpaired) electrons. The van der Waals surface area contributed by atoms with E-state index in [0.717, 1.165) is 46.9 Å². The Kier molecular flexibility index (Phi) is 7.71. The van der Waals surface area contributed by atoms with Crippen LogP contribution in [0.4, 0.5) is 0 Å². The summed E-state index contributed by atoms with van der Waals surface area (Å²) in [6.07, 6.45) is 1.55. The predicted molar refractivity (Wildman–Crippen MR) is 115 cm³/mol. The lowest BCUT2D eigenvalue weighted by Crippen LogP contribution is -2.02. The van der Waals surface area contributed by atoms with Gasteiger partial charge in [-0.25, -0.2) is 0 Å². The van der Waals surface area contributed by atoms with Crippen LogP contribution >= 0.6 is 0 Å². The van der Waals surface area contributed by atoms with Crippen LogP contribution in [0.5, 0.6) is 11.5 Å². The summed E-state index contributed by atoms with van der Waals surface area (Å²) in [6.45, 7) is 7.02. The van der Waals surface area contributed by atoms with Gasteiger partial charge in [0, 0.05) is 12.1 Å². The van der Waals surface area contributed by atoms with Gasteiger partial charge in [-0.15, -0.1) is 10.2 Å². The first kappa shape index (κ1) is 21.2. The highest BCUT2D eigenvalue weighted by molar-refractivity contribution is 5.39. The van der Waals surface area contributed by atoms with Gasteiger partial charge in [-0.2, -0.15) is 5.21 Å². The molecule has 7 nitrogen and oxygen atoms in total. The Balaban J connectivity index is 1.58. The summed E-state index contributed by atoms with van der Waals surface area (Å²) in [5.74, 6) is 2.33. The van der Waals surface area contributed by atoms with Gasteiger partial charge < -0.3 is 9.47 Å². The third-order valence-electron chi connectivity index (χ3n) is 4.39. The quantitative estimate of drug-likeness (QED) is 0.564. The zero-order chi connectivity index (χ0) is 21.2. The number of hydrogen-bond donors (Lipinski definition) is 1. The van der Waals surface area contributed by atoms with Gasteiger partial charge in [-0.05, 0) is 63.1 Å². The SMILES string of the molecule is Cc1ccccc(C)nc(COc2ccc(OCCCc3nn[nH]n3)c(C)c2)cc1. The Bertz CT molecular complexity index is 1000. The number of aromatic amines is 1. The van der Waals surface area contributed by atoms with Crippen molar-refractivity contribution in [1.29, 1.82) is 0 Å². The fourth-order valence-corrected chi connectivity index (χ4v) is 2.80. The summed E-state index contributed by atoms with van der Waals surface area (Å²) < 4.78 is 11.8. The Morgan fingerprint density at radius 3 is 2.60 bits per heavy atom. The second-order valence-electron chi connectivity index (χ2n) is 7.04. The third-order valence-corrected chi connectivity index (χ3v) is 4.39. The molecule has 0 bridgehead atoms. The van der Waals surface area contributed by atoms with Crippen LogP contribution in [0.1, 0.15) is 34.8 Å². The topological polar surface area (TPSA) is 85.8 Å². The van der Waals surface area contributed by atoms with E-state index in [2.05, 4.69) is 38.6 Å². The highest BCUT2D eigenvalue weighted by Crippen LogP contribution is 2.24. The maximum atomic E-state index is 5.98. The largest absolute Gasteiger partial charge is 0.493 e. The van der Waals surface area contributed by atoms with E-state index < -0.39 is 0 Å². The molecule has 0 aliphatic heterocycles. The molecule has 3 rings (SSSR count). The molecule has 1 N–H and O–H groups in total. The standard InChI is InChI=1S/C23H27N5O2/c1-17-7-4-5-8-19(3)24-20(11-10-17)16-30-21-12-13-22(18(2)15-21)29-14-6-9-23-25-27-28-26-23/h4-5,7-8,10-13,15H,6,9,14,16H2,1-3H3,(H,25,26,27,28). The highest BCUT2D eigenvalue weighted by atomic mass is 16.5. The van der Waals surface area contributed by atoms with Crippen molar-refractivity contribution in [2.45, 2.75) is 40.2 Å². The van der Waals surface area contributed by atoms with E-state index in [4.69, 9.17) is 9.47 Å². The summed E-state index contributed by atoms with van der Waals surface area (Å²) in [5, 5.41) is 13.9. The molecule has 0 fully saturated rings. The molecule has 0 unspecified atom stereocenters. The van der Waals surface area contributed by atoms with E-state index in [9.17, 15) is 0 Å². The number of nitrogens with one attached hydrogen (secondary N) is 1. The van der Waals surface area contributed by atoms with Gasteiger partial charge in [-0.1, -0.05) is 35.0 Å². The zero-order valence-electron chi connectivity index (χ0n) is 17.6. The maximum absolute atomic E-state index is 5.98. The summed E-state index contributed by atoms with van der Waals surface area (Å²) in [4.78, 5) is 4.64. The highest BCUT2D eigenvalue weighted by Gasteiger charge is 2.04. The van der Waals surface area contributed by atoms with Crippen LogP contribution in [0.2, 0.25) is 0 Å². The third kappa shape index (κ3) is 6.84. The summed E-state index contributed by atoms with van der Waals surface area (Å²) in [7, 11) is 0. The van der Waals surface area contributed by atoms with Crippen molar-refractivity contribution in [2.24, 2.45) is 0 Å². The van der Waals surface area contributed by atoms with Gasteiger partial charge in [0.15, 0.2) is 5.82 Å². The molecule has 2 aromatic heterocycles. The van der Waals surface area contributed by atoms with Gasteiger partial charge in [0.1, 0.15) is 18.1 Å². The van der Waals surface area contributed by atoms with Gasteiger partial charge in [0.05, 0.1) is 12.3 Å². The van der Waals surface area contributed by atoms with E-state index in [0.29, 0.717) is 19.0 Å². The van der Waals surface area contributed by atoms with Crippen LogP contribution in [0.3, 0.4) is 0 Å². The number of aryl methyl sites for hydroxylation is 4. The molecule has 0 aliphatic rings. The van der Waals surface area contributed by atoms with Crippen molar-refractivity contribution >= 4 is 0 Å². The molecule has 3 aromatic rings. The Morgan fingerprint density at radius 2 is 1.80 bits per heavy atom. The molecule has 0 atom stereocenters. The molecule has 0 aliphatic carbocycles. The number of tetrazole rings is 1. The minimum absolute atomic E-state index is 0.392. The zero-order valence-corrected chi connectivity index (χ0v) is 17.6. The summed E-state index contributed by atoms with van der Waals surface area (Å²) >= 11 is 0. The van der Waals surface area contributed by atoms with Crippen LogP contribution in [-0.4, -0.2) is 32.2 Å². The van der Waals surface area contributed by atoms with E-state index in [1.807, 2.05) is 62.4 Å². The first-order chi connectivity index (χ1) is 14.6. The molecular formula is C23H27N5O2. The first-order valence-electron chi connectivity index (χ1n) is 9.96. The lowest BCUT2D eigenvalue weighted by molar-refractivity contribution is 0.295. The number of H-pyrrole nitrogens is 1. The second-order valence-corrected chi connectivity index (χ2v) is 7.04. The van der Waals surface area contributed by atoms with Crippen LogP contribution < -0.4 is 9.47 Å². The fraction of sp³-hybridized carbons (Fsp3) is 0.304. The number of rotatable bonds is 8. The lowest BCUT2D eigenvalue weighted by atomic mass is 10.2. The van der Waals surface area contributed by atoms with Crippen molar-refractivity contribution < 1.29 is 9.47 Å². The van der Waals surface area contributed by atoms with Gasteiger partial charge in [-0.3, -0.25) is 4.98 Å². The smallest absolute Gasteiger partial charge is 0.174 e. The van der Waals surface area contributed by atoms with E-state index >= 15 is 0 Å². The normalized spacial score (nSPS) is 10.4. The van der Waals surface area contributed by atoms with Crippen molar-refractivity contribution in [3.05, 3.63) is 82.9 Å². The average Bonchev–Trinajstić information content (AvgIpc) is 3.25. The number of aromatic nitrogens is 5. The molecule has 0 amide bonds. The molecule has 7 heteroatoms. The van der Waals surface area contributed by atoms with E-state index in [1.165, 1.54) is 0 Å². The Morgan fingerprint density at radius 1 is 0.933 bits per heavy atom. The van der Waals surface area contributed by atoms with Crippen molar-refractivity contribution in [1.82, 2.24) is 25.6 Å². The fourth-order valence-electron chi connectivity index (χ4n) is 2.80. The van der Waals surface area contributed by atoms with Crippen molar-refractivity contribution in [2.75, 3.05) is 6.61 Å². The van der Waals surface area contributed by atoms with Gasteiger partial charge in [0.25, 0.3) is 0 Å².